The Morgan fingerprint density at radius 3 is 2.51 bits per heavy atom. The number of amides is 1. The maximum Gasteiger partial charge on any atom is 0.416 e. The highest BCUT2D eigenvalue weighted by Gasteiger charge is 2.30. The van der Waals surface area contributed by atoms with Crippen LogP contribution in [0.1, 0.15) is 34.4 Å². The van der Waals surface area contributed by atoms with E-state index in [1.807, 2.05) is 6.92 Å². The van der Waals surface area contributed by atoms with E-state index in [0.717, 1.165) is 17.9 Å². The topological polar surface area (TPSA) is 78.5 Å². The molecule has 4 rings (SSSR count). The van der Waals surface area contributed by atoms with Crippen LogP contribution in [0.25, 0.3) is 0 Å². The zero-order valence-corrected chi connectivity index (χ0v) is 18.7. The largest absolute Gasteiger partial charge is 0.494 e. The summed E-state index contributed by atoms with van der Waals surface area (Å²) in [6, 6.07) is 15.3. The SMILES string of the molecule is CCOc1ccc(OCc2ccc(C(=O)Nc3cnn(Cc4cccc(C(F)(F)F)c4)c3)o2)cc1. The van der Waals surface area contributed by atoms with Gasteiger partial charge in [-0.25, -0.2) is 0 Å². The second-order valence-corrected chi connectivity index (χ2v) is 7.54. The van der Waals surface area contributed by atoms with E-state index in [2.05, 4.69) is 10.4 Å². The Labute approximate surface area is 199 Å². The normalized spacial score (nSPS) is 11.3. The molecule has 0 radical (unpaired) electrons. The minimum atomic E-state index is -4.42. The van der Waals surface area contributed by atoms with Gasteiger partial charge in [0.1, 0.15) is 23.9 Å². The molecular formula is C25H22F3N3O4. The summed E-state index contributed by atoms with van der Waals surface area (Å²) < 4.78 is 56.7. The van der Waals surface area contributed by atoms with Gasteiger partial charge < -0.3 is 19.2 Å². The second kappa shape index (κ2) is 10.4. The predicted octanol–water partition coefficient (Wildman–Crippen LogP) is 5.77. The number of anilines is 1. The number of hydrogen-bond donors (Lipinski definition) is 1. The summed E-state index contributed by atoms with van der Waals surface area (Å²) >= 11 is 0. The van der Waals surface area contributed by atoms with Crippen molar-refractivity contribution in [3.8, 4) is 11.5 Å². The third kappa shape index (κ3) is 6.44. The van der Waals surface area contributed by atoms with Gasteiger partial charge in [-0.1, -0.05) is 12.1 Å². The Morgan fingerprint density at radius 2 is 1.80 bits per heavy atom. The molecule has 0 fully saturated rings. The molecule has 0 aliphatic heterocycles. The second-order valence-electron chi connectivity index (χ2n) is 7.54. The van der Waals surface area contributed by atoms with E-state index in [9.17, 15) is 18.0 Å². The Bertz CT molecular complexity index is 1280. The summed E-state index contributed by atoms with van der Waals surface area (Å²) in [6.07, 6.45) is -1.48. The van der Waals surface area contributed by atoms with Crippen LogP contribution < -0.4 is 14.8 Å². The molecule has 7 nitrogen and oxygen atoms in total. The fourth-order valence-corrected chi connectivity index (χ4v) is 3.27. The lowest BCUT2D eigenvalue weighted by atomic mass is 10.1. The van der Waals surface area contributed by atoms with Gasteiger partial charge in [-0.2, -0.15) is 18.3 Å². The molecule has 0 saturated heterocycles. The Hall–Kier alpha value is -4.21. The van der Waals surface area contributed by atoms with Crippen molar-refractivity contribution in [3.05, 3.63) is 95.7 Å². The smallest absolute Gasteiger partial charge is 0.416 e. The van der Waals surface area contributed by atoms with Gasteiger partial charge >= 0.3 is 6.18 Å². The van der Waals surface area contributed by atoms with Crippen LogP contribution >= 0.6 is 0 Å². The highest BCUT2D eigenvalue weighted by atomic mass is 19.4. The van der Waals surface area contributed by atoms with Gasteiger partial charge in [0.25, 0.3) is 5.91 Å². The number of carbonyl (C=O) groups excluding carboxylic acids is 1. The first-order valence-corrected chi connectivity index (χ1v) is 10.7. The summed E-state index contributed by atoms with van der Waals surface area (Å²) in [4.78, 5) is 12.5. The minimum Gasteiger partial charge on any atom is -0.494 e. The third-order valence-corrected chi connectivity index (χ3v) is 4.89. The van der Waals surface area contributed by atoms with E-state index in [4.69, 9.17) is 13.9 Å². The van der Waals surface area contributed by atoms with Crippen LogP contribution in [0.3, 0.4) is 0 Å². The van der Waals surface area contributed by atoms with E-state index in [1.165, 1.54) is 29.2 Å². The van der Waals surface area contributed by atoms with Crippen molar-refractivity contribution in [2.75, 3.05) is 11.9 Å². The molecule has 1 N–H and O–H groups in total. The van der Waals surface area contributed by atoms with Crippen LogP contribution in [0, 0.1) is 0 Å². The molecule has 0 aliphatic carbocycles. The minimum absolute atomic E-state index is 0.0842. The zero-order valence-electron chi connectivity index (χ0n) is 18.7. The van der Waals surface area contributed by atoms with E-state index in [1.54, 1.807) is 36.4 Å². The number of halogens is 3. The fourth-order valence-electron chi connectivity index (χ4n) is 3.27. The first-order valence-electron chi connectivity index (χ1n) is 10.7. The zero-order chi connectivity index (χ0) is 24.8. The molecule has 35 heavy (non-hydrogen) atoms. The molecule has 0 unspecified atom stereocenters. The molecule has 1 amide bonds. The predicted molar refractivity (Wildman–Crippen MR) is 121 cm³/mol. The van der Waals surface area contributed by atoms with Crippen molar-refractivity contribution in [1.29, 1.82) is 0 Å². The van der Waals surface area contributed by atoms with Crippen molar-refractivity contribution in [2.45, 2.75) is 26.3 Å². The number of nitrogens with zero attached hydrogens (tertiary/aromatic N) is 2. The highest BCUT2D eigenvalue weighted by molar-refractivity contribution is 6.02. The van der Waals surface area contributed by atoms with Crippen molar-refractivity contribution in [1.82, 2.24) is 9.78 Å². The molecule has 10 heteroatoms. The molecule has 0 saturated carbocycles. The molecule has 2 aromatic carbocycles. The van der Waals surface area contributed by atoms with Gasteiger partial charge in [-0.15, -0.1) is 0 Å². The van der Waals surface area contributed by atoms with E-state index in [0.29, 0.717) is 29.4 Å². The molecule has 2 aromatic heterocycles. The Morgan fingerprint density at radius 1 is 1.06 bits per heavy atom. The average molecular weight is 485 g/mol. The monoisotopic (exact) mass is 485 g/mol. The molecule has 0 spiro atoms. The number of furan rings is 1. The van der Waals surface area contributed by atoms with E-state index in [-0.39, 0.29) is 18.9 Å². The highest BCUT2D eigenvalue weighted by Crippen LogP contribution is 2.29. The summed E-state index contributed by atoms with van der Waals surface area (Å²) in [5.41, 5.74) is 0.0883. The number of alkyl halides is 3. The Kier molecular flexibility index (Phi) is 7.09. The van der Waals surface area contributed by atoms with Crippen LogP contribution in [0.4, 0.5) is 18.9 Å². The van der Waals surface area contributed by atoms with E-state index < -0.39 is 17.6 Å². The first kappa shape index (κ1) is 23.9. The lowest BCUT2D eigenvalue weighted by Gasteiger charge is -2.08. The van der Waals surface area contributed by atoms with Crippen molar-refractivity contribution >= 4 is 11.6 Å². The summed E-state index contributed by atoms with van der Waals surface area (Å²) in [7, 11) is 0. The molecule has 0 atom stereocenters. The lowest BCUT2D eigenvalue weighted by molar-refractivity contribution is -0.137. The van der Waals surface area contributed by atoms with E-state index >= 15 is 0 Å². The number of rotatable bonds is 9. The van der Waals surface area contributed by atoms with Crippen LogP contribution in [-0.4, -0.2) is 22.3 Å². The molecule has 0 bridgehead atoms. The van der Waals surface area contributed by atoms with Crippen molar-refractivity contribution in [3.63, 3.8) is 0 Å². The van der Waals surface area contributed by atoms with Crippen LogP contribution in [0.15, 0.2) is 77.5 Å². The average Bonchev–Trinajstić information content (AvgIpc) is 3.48. The number of benzene rings is 2. The van der Waals surface area contributed by atoms with Gasteiger partial charge in [0.2, 0.25) is 0 Å². The number of carbonyl (C=O) groups is 1. The first-order chi connectivity index (χ1) is 16.8. The summed E-state index contributed by atoms with van der Waals surface area (Å²) in [6.45, 7) is 2.74. The van der Waals surface area contributed by atoms with Gasteiger partial charge in [-0.05, 0) is 61.0 Å². The van der Waals surface area contributed by atoms with Crippen LogP contribution in [-0.2, 0) is 19.3 Å². The molecular weight excluding hydrogens is 463 g/mol. The number of nitrogens with one attached hydrogen (secondary N) is 1. The quantitative estimate of drug-likeness (QED) is 0.326. The maximum absolute atomic E-state index is 12.9. The van der Waals surface area contributed by atoms with Gasteiger partial charge in [0.15, 0.2) is 5.76 Å². The van der Waals surface area contributed by atoms with Gasteiger partial charge in [-0.3, -0.25) is 9.48 Å². The standard InChI is InChI=1S/C25H22F3N3O4/c1-2-33-20-6-8-21(9-7-20)34-16-22-10-11-23(35-22)24(32)30-19-13-29-31(15-19)14-17-4-3-5-18(12-17)25(26,27)28/h3-13,15H,2,14,16H2,1H3,(H,30,32). The number of ether oxygens (including phenoxy) is 2. The third-order valence-electron chi connectivity index (χ3n) is 4.89. The fraction of sp³-hybridized carbons (Fsp3) is 0.200. The molecule has 182 valence electrons. The number of aromatic nitrogens is 2. The van der Waals surface area contributed by atoms with Gasteiger partial charge in [0.05, 0.1) is 30.6 Å². The molecule has 4 aromatic rings. The molecule has 2 heterocycles. The van der Waals surface area contributed by atoms with Crippen LogP contribution in [0.5, 0.6) is 11.5 Å². The maximum atomic E-state index is 12.9. The number of hydrogen-bond acceptors (Lipinski definition) is 5. The van der Waals surface area contributed by atoms with Crippen LogP contribution in [0.2, 0.25) is 0 Å². The lowest BCUT2D eigenvalue weighted by Crippen LogP contribution is -2.10. The van der Waals surface area contributed by atoms with Crippen molar-refractivity contribution in [2.24, 2.45) is 0 Å². The summed E-state index contributed by atoms with van der Waals surface area (Å²) in [5, 5.41) is 6.75. The Balaban J connectivity index is 1.31. The van der Waals surface area contributed by atoms with Gasteiger partial charge in [0, 0.05) is 6.20 Å². The molecule has 0 aliphatic rings. The summed E-state index contributed by atoms with van der Waals surface area (Å²) in [5.74, 6) is 1.43. The van der Waals surface area contributed by atoms with Crippen molar-refractivity contribution < 1.29 is 31.9 Å².